The third-order valence-electron chi connectivity index (χ3n) is 1.83. The number of allylic oxidation sites excluding steroid dienone is 1. The van der Waals surface area contributed by atoms with E-state index in [0.29, 0.717) is 0 Å². The van der Waals surface area contributed by atoms with Crippen LogP contribution in [0.25, 0.3) is 0 Å². The second-order valence-electron chi connectivity index (χ2n) is 2.82. The van der Waals surface area contributed by atoms with E-state index >= 15 is 0 Å². The first-order chi connectivity index (χ1) is 4.20. The van der Waals surface area contributed by atoms with Gasteiger partial charge in [0.15, 0.2) is 0 Å². The lowest BCUT2D eigenvalue weighted by Crippen LogP contribution is -1.92. The zero-order chi connectivity index (χ0) is 7.28. The molecule has 1 unspecified atom stereocenters. The van der Waals surface area contributed by atoms with Crippen LogP contribution in [0, 0.1) is 5.92 Å². The molecule has 0 aromatic carbocycles. The zero-order valence-corrected chi connectivity index (χ0v) is 6.91. The van der Waals surface area contributed by atoms with E-state index in [1.165, 1.54) is 18.4 Å². The van der Waals surface area contributed by atoms with Crippen molar-refractivity contribution >= 4 is 0 Å². The maximum absolute atomic E-state index is 3.96. The van der Waals surface area contributed by atoms with Crippen LogP contribution in [0.5, 0.6) is 0 Å². The van der Waals surface area contributed by atoms with Crippen LogP contribution in [0.4, 0.5) is 0 Å². The second kappa shape index (κ2) is 4.60. The lowest BCUT2D eigenvalue weighted by molar-refractivity contribution is 0.551. The molecule has 0 aromatic rings. The first kappa shape index (κ1) is 8.74. The fourth-order valence-electron chi connectivity index (χ4n) is 0.781. The third-order valence-corrected chi connectivity index (χ3v) is 1.83. The molecule has 0 saturated heterocycles. The Morgan fingerprint density at radius 3 is 2.33 bits per heavy atom. The molecule has 0 aromatic heterocycles. The van der Waals surface area contributed by atoms with Gasteiger partial charge in [0.25, 0.3) is 0 Å². The predicted octanol–water partition coefficient (Wildman–Crippen LogP) is 3.39. The number of hydrogen-bond acceptors (Lipinski definition) is 0. The van der Waals surface area contributed by atoms with Crippen LogP contribution in [0.15, 0.2) is 12.2 Å². The van der Waals surface area contributed by atoms with E-state index in [1.54, 1.807) is 0 Å². The minimum absolute atomic E-state index is 0.831. The Kier molecular flexibility index (Phi) is 4.47. The summed E-state index contributed by atoms with van der Waals surface area (Å²) in [4.78, 5) is 0. The van der Waals surface area contributed by atoms with Gasteiger partial charge < -0.3 is 0 Å². The highest BCUT2D eigenvalue weighted by atomic mass is 14.0. The highest BCUT2D eigenvalue weighted by Gasteiger charge is 1.98. The van der Waals surface area contributed by atoms with E-state index in [4.69, 9.17) is 0 Å². The highest BCUT2D eigenvalue weighted by molar-refractivity contribution is 4.93. The molecule has 0 fully saturated rings. The molecule has 0 spiro atoms. The lowest BCUT2D eigenvalue weighted by atomic mass is 9.99. The molecule has 0 bridgehead atoms. The van der Waals surface area contributed by atoms with Crippen molar-refractivity contribution in [2.75, 3.05) is 0 Å². The summed E-state index contributed by atoms with van der Waals surface area (Å²) in [5, 5.41) is 0. The second-order valence-corrected chi connectivity index (χ2v) is 2.82. The van der Waals surface area contributed by atoms with Crippen molar-refractivity contribution < 1.29 is 0 Å². The van der Waals surface area contributed by atoms with Crippen LogP contribution < -0.4 is 0 Å². The average Bonchev–Trinajstić information content (AvgIpc) is 1.87. The quantitative estimate of drug-likeness (QED) is 0.506. The summed E-state index contributed by atoms with van der Waals surface area (Å²) >= 11 is 0. The summed E-state index contributed by atoms with van der Waals surface area (Å²) in [6, 6.07) is 0. The molecule has 0 aliphatic rings. The van der Waals surface area contributed by atoms with Gasteiger partial charge in [-0.15, -0.1) is 0 Å². The monoisotopic (exact) mass is 126 g/mol. The van der Waals surface area contributed by atoms with E-state index in [2.05, 4.69) is 27.4 Å². The third kappa shape index (κ3) is 4.26. The molecule has 0 nitrogen and oxygen atoms in total. The minimum Gasteiger partial charge on any atom is -0.0999 e. The molecule has 0 rings (SSSR count). The van der Waals surface area contributed by atoms with Crippen LogP contribution in [0.2, 0.25) is 0 Å². The summed E-state index contributed by atoms with van der Waals surface area (Å²) in [7, 11) is 0. The fourth-order valence-corrected chi connectivity index (χ4v) is 0.781. The maximum atomic E-state index is 3.96. The summed E-state index contributed by atoms with van der Waals surface area (Å²) in [5.41, 5.74) is 1.39. The molecule has 0 N–H and O–H groups in total. The zero-order valence-electron chi connectivity index (χ0n) is 6.91. The van der Waals surface area contributed by atoms with Crippen LogP contribution in [-0.4, -0.2) is 0 Å². The van der Waals surface area contributed by atoms with Gasteiger partial charge in [-0.1, -0.05) is 39.3 Å². The van der Waals surface area contributed by atoms with Crippen molar-refractivity contribution in [2.24, 2.45) is 5.92 Å². The molecular formula is C9H18. The Labute approximate surface area is 59.0 Å². The predicted molar refractivity (Wildman–Crippen MR) is 43.5 cm³/mol. The van der Waals surface area contributed by atoms with E-state index in [1.807, 2.05) is 0 Å². The van der Waals surface area contributed by atoms with Crippen LogP contribution >= 0.6 is 0 Å². The fraction of sp³-hybridized carbons (Fsp3) is 0.778. The van der Waals surface area contributed by atoms with Gasteiger partial charge in [0, 0.05) is 0 Å². The molecule has 0 heteroatoms. The van der Waals surface area contributed by atoms with E-state index < -0.39 is 0 Å². The van der Waals surface area contributed by atoms with Gasteiger partial charge in [-0.25, -0.2) is 0 Å². The Bertz CT molecular complexity index is 82.0. The average molecular weight is 126 g/mol. The maximum Gasteiger partial charge on any atom is -0.0297 e. The largest absolute Gasteiger partial charge is 0.0999 e. The highest BCUT2D eigenvalue weighted by Crippen LogP contribution is 2.14. The molecule has 0 amide bonds. The summed E-state index contributed by atoms with van der Waals surface area (Å²) in [6.45, 7) is 10.6. The smallest absolute Gasteiger partial charge is 0.0297 e. The van der Waals surface area contributed by atoms with Gasteiger partial charge in [0.1, 0.15) is 0 Å². The Morgan fingerprint density at radius 2 is 2.00 bits per heavy atom. The Morgan fingerprint density at radius 1 is 1.44 bits per heavy atom. The van der Waals surface area contributed by atoms with Crippen molar-refractivity contribution in [3.05, 3.63) is 12.2 Å². The van der Waals surface area contributed by atoms with Gasteiger partial charge in [0.05, 0.1) is 0 Å². The van der Waals surface area contributed by atoms with E-state index in [0.717, 1.165) is 12.3 Å². The molecule has 54 valence electrons. The molecule has 0 aliphatic heterocycles. The van der Waals surface area contributed by atoms with Crippen molar-refractivity contribution in [1.82, 2.24) is 0 Å². The summed E-state index contributed by atoms with van der Waals surface area (Å²) in [5.74, 6) is 0.831. The lowest BCUT2D eigenvalue weighted by Gasteiger charge is -2.07. The van der Waals surface area contributed by atoms with Gasteiger partial charge in [0.2, 0.25) is 0 Å². The molecular weight excluding hydrogens is 108 g/mol. The van der Waals surface area contributed by atoms with Gasteiger partial charge >= 0.3 is 0 Å². The van der Waals surface area contributed by atoms with Crippen LogP contribution in [0.3, 0.4) is 0 Å². The summed E-state index contributed by atoms with van der Waals surface area (Å²) < 4.78 is 0. The topological polar surface area (TPSA) is 0 Å². The van der Waals surface area contributed by atoms with Crippen molar-refractivity contribution in [1.29, 1.82) is 0 Å². The minimum atomic E-state index is 0.831. The van der Waals surface area contributed by atoms with E-state index in [-0.39, 0.29) is 0 Å². The first-order valence-corrected chi connectivity index (χ1v) is 3.87. The molecule has 0 heterocycles. The normalized spacial score (nSPS) is 13.2. The number of rotatable bonds is 4. The van der Waals surface area contributed by atoms with Crippen LogP contribution in [-0.2, 0) is 0 Å². The van der Waals surface area contributed by atoms with Gasteiger partial charge in [-0.05, 0) is 18.8 Å². The van der Waals surface area contributed by atoms with E-state index in [9.17, 15) is 0 Å². The summed E-state index contributed by atoms with van der Waals surface area (Å²) in [6.07, 6.45) is 3.64. The Hall–Kier alpha value is -0.260. The van der Waals surface area contributed by atoms with Crippen molar-refractivity contribution in [3.8, 4) is 0 Å². The van der Waals surface area contributed by atoms with Gasteiger partial charge in [-0.2, -0.15) is 0 Å². The molecule has 0 aliphatic carbocycles. The van der Waals surface area contributed by atoms with Crippen LogP contribution in [0.1, 0.15) is 40.0 Å². The van der Waals surface area contributed by atoms with Crippen molar-refractivity contribution in [2.45, 2.75) is 40.0 Å². The first-order valence-electron chi connectivity index (χ1n) is 3.87. The molecule has 0 saturated carbocycles. The van der Waals surface area contributed by atoms with Crippen molar-refractivity contribution in [3.63, 3.8) is 0 Å². The van der Waals surface area contributed by atoms with Gasteiger partial charge in [-0.3, -0.25) is 0 Å². The molecule has 9 heavy (non-hydrogen) atoms. The number of hydrogen-bond donors (Lipinski definition) is 0. The molecule has 0 radical (unpaired) electrons. The molecule has 1 atom stereocenters. The standard InChI is InChI=1S/C9H18/c1-5-8(3)7-9(4)6-2/h9H,3,5-7H2,1-2,4H3. The SMILES string of the molecule is C=C(CC)CC(C)CC. The Balaban J connectivity index is 3.34.